The lowest BCUT2D eigenvalue weighted by molar-refractivity contribution is 0.670. The van der Waals surface area contributed by atoms with Crippen molar-refractivity contribution in [2.75, 3.05) is 4.90 Å². The highest BCUT2D eigenvalue weighted by atomic mass is 16.3. The molecule has 1 heterocycles. The van der Waals surface area contributed by atoms with E-state index in [4.69, 9.17) is 4.42 Å². The van der Waals surface area contributed by atoms with Gasteiger partial charge in [-0.2, -0.15) is 0 Å². The second kappa shape index (κ2) is 15.5. The summed E-state index contributed by atoms with van der Waals surface area (Å²) in [4.78, 5) is 2.47. The van der Waals surface area contributed by atoms with Gasteiger partial charge < -0.3 is 9.32 Å². The molecule has 0 atom stereocenters. The molecular weight excluding hydrogens is 799 g/mol. The van der Waals surface area contributed by atoms with Crippen LogP contribution in [-0.2, 0) is 0 Å². The summed E-state index contributed by atoms with van der Waals surface area (Å²) in [7, 11) is 0. The zero-order valence-electron chi connectivity index (χ0n) is 36.0. The number of hydrogen-bond donors (Lipinski definition) is 0. The Labute approximate surface area is 382 Å². The summed E-state index contributed by atoms with van der Waals surface area (Å²) in [5, 5.41) is 12.0. The summed E-state index contributed by atoms with van der Waals surface area (Å²) >= 11 is 0. The number of para-hydroxylation sites is 3. The van der Waals surface area contributed by atoms with E-state index in [2.05, 4.69) is 248 Å². The molecule has 13 rings (SSSR count). The van der Waals surface area contributed by atoms with Crippen molar-refractivity contribution < 1.29 is 4.42 Å². The molecule has 0 saturated heterocycles. The van der Waals surface area contributed by atoms with E-state index in [1.165, 1.54) is 65.3 Å². The van der Waals surface area contributed by atoms with Crippen LogP contribution in [0, 0.1) is 0 Å². The molecule has 0 amide bonds. The third-order valence-corrected chi connectivity index (χ3v) is 13.4. The number of nitrogens with zero attached hydrogens (tertiary/aromatic N) is 1. The quantitative estimate of drug-likeness (QED) is 0.149. The highest BCUT2D eigenvalue weighted by Crippen LogP contribution is 2.49. The number of fused-ring (bicyclic) bond motifs is 9. The van der Waals surface area contributed by atoms with Crippen LogP contribution < -0.4 is 4.90 Å². The minimum atomic E-state index is 0.893. The molecule has 66 heavy (non-hydrogen) atoms. The summed E-state index contributed by atoms with van der Waals surface area (Å²) in [6.07, 6.45) is 0. The summed E-state index contributed by atoms with van der Waals surface area (Å²) in [5.41, 5.74) is 14.3. The Kier molecular flexibility index (Phi) is 8.89. The zero-order valence-corrected chi connectivity index (χ0v) is 36.0. The molecule has 0 unspecified atom stereocenters. The maximum Gasteiger partial charge on any atom is 0.143 e. The number of hydrogen-bond acceptors (Lipinski definition) is 2. The van der Waals surface area contributed by atoms with Crippen molar-refractivity contribution in [2.24, 2.45) is 0 Å². The predicted octanol–water partition coefficient (Wildman–Crippen LogP) is 18.3. The van der Waals surface area contributed by atoms with Crippen molar-refractivity contribution in [3.8, 4) is 44.5 Å². The molecule has 0 aliphatic carbocycles. The number of furan rings is 1. The van der Waals surface area contributed by atoms with Gasteiger partial charge in [0.25, 0.3) is 0 Å². The van der Waals surface area contributed by atoms with Crippen LogP contribution in [0.2, 0.25) is 0 Å². The molecule has 2 heteroatoms. The minimum Gasteiger partial charge on any atom is -0.455 e. The second-order valence-corrected chi connectivity index (χ2v) is 17.1. The smallest absolute Gasteiger partial charge is 0.143 e. The van der Waals surface area contributed by atoms with Crippen molar-refractivity contribution in [2.45, 2.75) is 0 Å². The van der Waals surface area contributed by atoms with Gasteiger partial charge in [-0.25, -0.2) is 0 Å². The maximum absolute atomic E-state index is 6.61. The van der Waals surface area contributed by atoms with Crippen LogP contribution in [0.5, 0.6) is 0 Å². The monoisotopic (exact) mass is 839 g/mol. The lowest BCUT2D eigenvalue weighted by atomic mass is 9.84. The molecule has 308 valence electrons. The average molecular weight is 840 g/mol. The van der Waals surface area contributed by atoms with Crippen molar-refractivity contribution in [1.29, 1.82) is 0 Å². The molecule has 13 aromatic rings. The summed E-state index contributed by atoms with van der Waals surface area (Å²) in [6, 6.07) is 90.4. The van der Waals surface area contributed by atoms with Crippen molar-refractivity contribution in [3.05, 3.63) is 249 Å². The van der Waals surface area contributed by atoms with Crippen molar-refractivity contribution >= 4 is 82.1 Å². The largest absolute Gasteiger partial charge is 0.455 e. The first-order chi connectivity index (χ1) is 32.8. The van der Waals surface area contributed by atoms with Gasteiger partial charge in [0, 0.05) is 33.0 Å². The molecule has 0 radical (unpaired) electrons. The van der Waals surface area contributed by atoms with E-state index in [1.54, 1.807) is 0 Å². The Morgan fingerprint density at radius 3 is 1.64 bits per heavy atom. The van der Waals surface area contributed by atoms with Crippen LogP contribution in [-0.4, -0.2) is 0 Å². The van der Waals surface area contributed by atoms with E-state index in [-0.39, 0.29) is 0 Å². The molecule has 0 aliphatic rings. The summed E-state index contributed by atoms with van der Waals surface area (Å²) < 4.78 is 6.61. The van der Waals surface area contributed by atoms with Gasteiger partial charge >= 0.3 is 0 Å². The topological polar surface area (TPSA) is 16.4 Å². The van der Waals surface area contributed by atoms with Crippen LogP contribution >= 0.6 is 0 Å². The molecule has 1 aromatic heterocycles. The van der Waals surface area contributed by atoms with Crippen molar-refractivity contribution in [1.82, 2.24) is 0 Å². The Balaban J connectivity index is 1.08. The molecule has 2 nitrogen and oxygen atoms in total. The highest BCUT2D eigenvalue weighted by molar-refractivity contribution is 6.22. The summed E-state index contributed by atoms with van der Waals surface area (Å²) in [6.45, 7) is 0. The van der Waals surface area contributed by atoms with E-state index in [9.17, 15) is 0 Å². The van der Waals surface area contributed by atoms with E-state index in [0.29, 0.717) is 0 Å². The predicted molar refractivity (Wildman–Crippen MR) is 280 cm³/mol. The molecule has 0 aliphatic heterocycles. The molecule has 0 saturated carbocycles. The fourth-order valence-electron chi connectivity index (χ4n) is 10.5. The Hall–Kier alpha value is -8.72. The lowest BCUT2D eigenvalue weighted by Crippen LogP contribution is -2.12. The molecule has 0 fully saturated rings. The highest BCUT2D eigenvalue weighted by Gasteiger charge is 2.23. The first kappa shape index (κ1) is 37.8. The van der Waals surface area contributed by atoms with E-state index in [1.807, 2.05) is 6.07 Å². The van der Waals surface area contributed by atoms with E-state index < -0.39 is 0 Å². The maximum atomic E-state index is 6.61. The molecule has 0 bridgehead atoms. The van der Waals surface area contributed by atoms with Gasteiger partial charge in [-0.3, -0.25) is 0 Å². The Morgan fingerprint density at radius 2 is 0.803 bits per heavy atom. The van der Waals surface area contributed by atoms with Crippen LogP contribution in [0.4, 0.5) is 17.1 Å². The normalized spacial score (nSPS) is 11.6. The van der Waals surface area contributed by atoms with Crippen LogP contribution in [0.25, 0.3) is 110 Å². The average Bonchev–Trinajstić information content (AvgIpc) is 3.78. The van der Waals surface area contributed by atoms with Gasteiger partial charge in [-0.15, -0.1) is 0 Å². The van der Waals surface area contributed by atoms with Crippen LogP contribution in [0.3, 0.4) is 0 Å². The first-order valence-electron chi connectivity index (χ1n) is 22.7. The van der Waals surface area contributed by atoms with Gasteiger partial charge in [0.15, 0.2) is 0 Å². The second-order valence-electron chi connectivity index (χ2n) is 17.1. The Morgan fingerprint density at radius 1 is 0.273 bits per heavy atom. The zero-order chi connectivity index (χ0) is 43.6. The minimum absolute atomic E-state index is 0.893. The molecule has 0 spiro atoms. The standard InChI is InChI=1S/C64H41NO/c1-3-19-43(20-4-1)62-56-29-10-9-27-52(56)53-38-37-46(41-58(53)63(62)44-21-5-2-6-22-44)49-26-11-13-33-59(49)65(60-34-17-31-51-48-25-8-7-18-42(48)36-39-54(51)60)47-24-15-23-45(40-47)50-30-16-32-57-55-28-12-14-35-61(55)66-64(50)57/h1-41H. The fraction of sp³-hybridized carbons (Fsp3) is 0. The van der Waals surface area contributed by atoms with Gasteiger partial charge in [0.05, 0.1) is 11.4 Å². The number of benzene rings is 12. The van der Waals surface area contributed by atoms with Crippen molar-refractivity contribution in [3.63, 3.8) is 0 Å². The van der Waals surface area contributed by atoms with Gasteiger partial charge in [0.1, 0.15) is 11.2 Å². The van der Waals surface area contributed by atoms with E-state index >= 15 is 0 Å². The third-order valence-electron chi connectivity index (χ3n) is 13.4. The van der Waals surface area contributed by atoms with Crippen LogP contribution in [0.1, 0.15) is 0 Å². The number of rotatable bonds is 7. The molecular formula is C64H41NO. The summed E-state index contributed by atoms with van der Waals surface area (Å²) in [5.74, 6) is 0. The number of anilines is 3. The van der Waals surface area contributed by atoms with E-state index in [0.717, 1.165) is 61.3 Å². The lowest BCUT2D eigenvalue weighted by Gasteiger charge is -2.30. The molecule has 12 aromatic carbocycles. The first-order valence-corrected chi connectivity index (χ1v) is 22.7. The Bertz CT molecular complexity index is 4000. The SMILES string of the molecule is c1ccc(-c2c(-c3ccccc3)c3cc(-c4ccccc4N(c4cccc(-c5cccc6c5oc5ccccc56)c4)c4cccc5c4ccc4ccccc45)ccc3c3ccccc23)cc1. The molecule has 0 N–H and O–H groups in total. The van der Waals surface area contributed by atoms with Gasteiger partial charge in [-0.05, 0) is 107 Å². The van der Waals surface area contributed by atoms with Crippen LogP contribution in [0.15, 0.2) is 253 Å². The van der Waals surface area contributed by atoms with Gasteiger partial charge in [0.2, 0.25) is 0 Å². The third kappa shape index (κ3) is 6.11. The van der Waals surface area contributed by atoms with Gasteiger partial charge in [-0.1, -0.05) is 212 Å². The fourth-order valence-corrected chi connectivity index (χ4v) is 10.5.